The smallest absolute Gasteiger partial charge is 0.263 e. The van der Waals surface area contributed by atoms with Crippen LogP contribution in [0.25, 0.3) is 11.0 Å². The lowest BCUT2D eigenvalue weighted by atomic mass is 10.0. The minimum absolute atomic E-state index is 0.0126. The van der Waals surface area contributed by atoms with E-state index in [2.05, 4.69) is 9.97 Å². The number of nitrogens with one attached hydrogen (secondary N) is 1. The zero-order valence-corrected chi connectivity index (χ0v) is 15.3. The highest BCUT2D eigenvalue weighted by molar-refractivity contribution is 6.31. The van der Waals surface area contributed by atoms with Gasteiger partial charge in [-0.05, 0) is 42.7 Å². The molecule has 0 saturated heterocycles. The molecule has 0 saturated carbocycles. The molecule has 0 fully saturated rings. The van der Waals surface area contributed by atoms with Gasteiger partial charge in [0.1, 0.15) is 11.6 Å². The summed E-state index contributed by atoms with van der Waals surface area (Å²) in [7, 11) is 1.81. The Kier molecular flexibility index (Phi) is 4.55. The SMILES string of the molecule is CN(CCc1nc2ccc(Cl)cc2[nH]1)C(=O)C1CCc2ccccc2O1. The van der Waals surface area contributed by atoms with Crippen molar-refractivity contribution in [2.75, 3.05) is 13.6 Å². The van der Waals surface area contributed by atoms with Crippen LogP contribution < -0.4 is 4.74 Å². The number of H-pyrrole nitrogens is 1. The van der Waals surface area contributed by atoms with Gasteiger partial charge in [0.05, 0.1) is 11.0 Å². The molecule has 4 rings (SSSR count). The Morgan fingerprint density at radius 3 is 3.08 bits per heavy atom. The van der Waals surface area contributed by atoms with Gasteiger partial charge in [-0.2, -0.15) is 0 Å². The number of benzene rings is 2. The first-order valence-electron chi connectivity index (χ1n) is 8.74. The van der Waals surface area contributed by atoms with Gasteiger partial charge in [0.25, 0.3) is 5.91 Å². The minimum Gasteiger partial charge on any atom is -0.480 e. The molecule has 26 heavy (non-hydrogen) atoms. The normalized spacial score (nSPS) is 16.2. The Labute approximate surface area is 156 Å². The number of carbonyl (C=O) groups excluding carboxylic acids is 1. The number of hydrogen-bond acceptors (Lipinski definition) is 3. The van der Waals surface area contributed by atoms with E-state index in [9.17, 15) is 4.79 Å². The lowest BCUT2D eigenvalue weighted by Gasteiger charge is -2.28. The molecule has 2 heterocycles. The third-order valence-electron chi connectivity index (χ3n) is 4.75. The molecule has 2 aromatic carbocycles. The first kappa shape index (κ1) is 16.9. The van der Waals surface area contributed by atoms with Crippen LogP contribution in [0.15, 0.2) is 42.5 Å². The van der Waals surface area contributed by atoms with Crippen LogP contribution in [-0.2, 0) is 17.6 Å². The number of aromatic nitrogens is 2. The van der Waals surface area contributed by atoms with Gasteiger partial charge in [0.2, 0.25) is 0 Å². The highest BCUT2D eigenvalue weighted by atomic mass is 35.5. The Bertz CT molecular complexity index is 953. The van der Waals surface area contributed by atoms with E-state index in [0.717, 1.165) is 29.0 Å². The molecule has 1 aromatic heterocycles. The number of amides is 1. The molecule has 1 unspecified atom stereocenters. The van der Waals surface area contributed by atoms with Gasteiger partial charge in [0, 0.05) is 25.0 Å². The van der Waals surface area contributed by atoms with E-state index in [1.807, 2.05) is 49.5 Å². The number of imidazole rings is 1. The number of rotatable bonds is 4. The van der Waals surface area contributed by atoms with Gasteiger partial charge in [0.15, 0.2) is 6.10 Å². The predicted octanol–water partition coefficient (Wildman–Crippen LogP) is 3.61. The van der Waals surface area contributed by atoms with Crippen LogP contribution >= 0.6 is 11.6 Å². The van der Waals surface area contributed by atoms with Crippen LogP contribution in [0, 0.1) is 0 Å². The molecule has 6 heteroatoms. The average Bonchev–Trinajstić information content (AvgIpc) is 3.07. The summed E-state index contributed by atoms with van der Waals surface area (Å²) in [5.74, 6) is 1.68. The number of hydrogen-bond donors (Lipinski definition) is 1. The molecule has 3 aromatic rings. The van der Waals surface area contributed by atoms with Gasteiger partial charge in [-0.25, -0.2) is 4.98 Å². The van der Waals surface area contributed by atoms with Crippen LogP contribution in [-0.4, -0.2) is 40.5 Å². The number of aryl methyl sites for hydroxylation is 1. The van der Waals surface area contributed by atoms with Crippen molar-refractivity contribution in [2.45, 2.75) is 25.4 Å². The quantitative estimate of drug-likeness (QED) is 0.764. The van der Waals surface area contributed by atoms with Crippen molar-refractivity contribution in [3.63, 3.8) is 0 Å². The molecule has 1 N–H and O–H groups in total. The number of nitrogens with zero attached hydrogens (tertiary/aromatic N) is 2. The summed E-state index contributed by atoms with van der Waals surface area (Å²) in [5, 5.41) is 0.676. The summed E-state index contributed by atoms with van der Waals surface area (Å²) in [6, 6.07) is 13.5. The van der Waals surface area contributed by atoms with Crippen molar-refractivity contribution in [3.8, 4) is 5.75 Å². The second-order valence-electron chi connectivity index (χ2n) is 6.61. The maximum atomic E-state index is 12.7. The number of halogens is 1. The fraction of sp³-hybridized carbons (Fsp3) is 0.300. The lowest BCUT2D eigenvalue weighted by molar-refractivity contribution is -0.138. The van der Waals surface area contributed by atoms with E-state index in [-0.39, 0.29) is 5.91 Å². The van der Waals surface area contributed by atoms with Crippen LogP contribution in [0.5, 0.6) is 5.75 Å². The Balaban J connectivity index is 1.38. The molecule has 134 valence electrons. The number of para-hydroxylation sites is 1. The molecule has 0 bridgehead atoms. The fourth-order valence-corrected chi connectivity index (χ4v) is 3.45. The first-order valence-corrected chi connectivity index (χ1v) is 9.11. The third-order valence-corrected chi connectivity index (χ3v) is 4.98. The summed E-state index contributed by atoms with van der Waals surface area (Å²) in [5.41, 5.74) is 2.96. The third kappa shape index (κ3) is 3.40. The summed E-state index contributed by atoms with van der Waals surface area (Å²) < 4.78 is 5.90. The van der Waals surface area contributed by atoms with Gasteiger partial charge in [-0.15, -0.1) is 0 Å². The van der Waals surface area contributed by atoms with Crippen molar-refractivity contribution in [1.82, 2.24) is 14.9 Å². The zero-order chi connectivity index (χ0) is 18.1. The fourth-order valence-electron chi connectivity index (χ4n) is 3.28. The molecule has 1 amide bonds. The van der Waals surface area contributed by atoms with E-state index in [1.54, 1.807) is 4.90 Å². The summed E-state index contributed by atoms with van der Waals surface area (Å²) in [6.45, 7) is 0.577. The number of fused-ring (bicyclic) bond motifs is 2. The van der Waals surface area contributed by atoms with Crippen LogP contribution in [0.2, 0.25) is 5.02 Å². The van der Waals surface area contributed by atoms with Crippen molar-refractivity contribution in [1.29, 1.82) is 0 Å². The maximum Gasteiger partial charge on any atom is 0.263 e. The van der Waals surface area contributed by atoms with Crippen LogP contribution in [0.1, 0.15) is 17.8 Å². The highest BCUT2D eigenvalue weighted by Crippen LogP contribution is 2.27. The molecule has 1 aliphatic heterocycles. The van der Waals surface area contributed by atoms with Gasteiger partial charge in [-0.1, -0.05) is 29.8 Å². The molecular weight excluding hydrogens is 350 g/mol. The van der Waals surface area contributed by atoms with Gasteiger partial charge in [-0.3, -0.25) is 4.79 Å². The van der Waals surface area contributed by atoms with Crippen molar-refractivity contribution < 1.29 is 9.53 Å². The number of likely N-dealkylation sites (N-methyl/N-ethyl adjacent to an activating group) is 1. The number of aromatic amines is 1. The maximum absolute atomic E-state index is 12.7. The van der Waals surface area contributed by atoms with E-state index >= 15 is 0 Å². The molecule has 1 atom stereocenters. The first-order chi connectivity index (χ1) is 12.6. The minimum atomic E-state index is -0.413. The van der Waals surface area contributed by atoms with E-state index < -0.39 is 6.10 Å². The van der Waals surface area contributed by atoms with E-state index in [4.69, 9.17) is 16.3 Å². The van der Waals surface area contributed by atoms with Crippen LogP contribution in [0.3, 0.4) is 0 Å². The van der Waals surface area contributed by atoms with Gasteiger partial charge < -0.3 is 14.6 Å². The summed E-state index contributed by atoms with van der Waals surface area (Å²) >= 11 is 6.00. The molecular formula is C20H20ClN3O2. The molecule has 5 nitrogen and oxygen atoms in total. The zero-order valence-electron chi connectivity index (χ0n) is 14.5. The van der Waals surface area contributed by atoms with Crippen molar-refractivity contribution >= 4 is 28.5 Å². The Morgan fingerprint density at radius 1 is 1.35 bits per heavy atom. The molecule has 0 spiro atoms. The summed E-state index contributed by atoms with van der Waals surface area (Å²) in [4.78, 5) is 22.2. The van der Waals surface area contributed by atoms with Gasteiger partial charge >= 0.3 is 0 Å². The number of ether oxygens (including phenoxy) is 1. The van der Waals surface area contributed by atoms with Crippen molar-refractivity contribution in [2.24, 2.45) is 0 Å². The monoisotopic (exact) mass is 369 g/mol. The molecule has 1 aliphatic rings. The second kappa shape index (κ2) is 7.00. The van der Waals surface area contributed by atoms with Crippen molar-refractivity contribution in [3.05, 3.63) is 58.9 Å². The second-order valence-corrected chi connectivity index (χ2v) is 7.04. The highest BCUT2D eigenvalue weighted by Gasteiger charge is 2.28. The van der Waals surface area contributed by atoms with E-state index in [1.165, 1.54) is 5.56 Å². The van der Waals surface area contributed by atoms with Crippen LogP contribution in [0.4, 0.5) is 0 Å². The topological polar surface area (TPSA) is 58.2 Å². The lowest BCUT2D eigenvalue weighted by Crippen LogP contribution is -2.42. The molecule has 0 radical (unpaired) electrons. The summed E-state index contributed by atoms with van der Waals surface area (Å²) in [6.07, 6.45) is 1.82. The number of carbonyl (C=O) groups is 1. The predicted molar refractivity (Wildman–Crippen MR) is 102 cm³/mol. The average molecular weight is 370 g/mol. The standard InChI is InChI=1S/C20H20ClN3O2/c1-24(11-10-19-22-15-8-7-14(21)12-16(15)23-19)20(25)18-9-6-13-4-2-3-5-17(13)26-18/h2-5,7-8,12,18H,6,9-11H2,1H3,(H,22,23). The van der Waals surface area contributed by atoms with E-state index in [0.29, 0.717) is 24.4 Å². The molecule has 0 aliphatic carbocycles. The Morgan fingerprint density at radius 2 is 2.19 bits per heavy atom. The Hall–Kier alpha value is -2.53. The largest absolute Gasteiger partial charge is 0.480 e.